The first-order valence-corrected chi connectivity index (χ1v) is 11.1. The van der Waals surface area contributed by atoms with Gasteiger partial charge >= 0.3 is 5.97 Å². The number of nitrogens with zero attached hydrogens (tertiary/aromatic N) is 2. The van der Waals surface area contributed by atoms with Gasteiger partial charge in [-0.1, -0.05) is 63.1 Å². The van der Waals surface area contributed by atoms with E-state index >= 15 is 0 Å². The van der Waals surface area contributed by atoms with Crippen molar-refractivity contribution in [2.24, 2.45) is 17.8 Å². The molecule has 0 saturated heterocycles. The number of hydrogen-bond acceptors (Lipinski definition) is 3. The average molecular weight is 405 g/mol. The predicted molar refractivity (Wildman–Crippen MR) is 121 cm³/mol. The van der Waals surface area contributed by atoms with E-state index in [9.17, 15) is 4.79 Å². The highest BCUT2D eigenvalue weighted by atomic mass is 16.5. The minimum Gasteiger partial charge on any atom is -0.461 e. The largest absolute Gasteiger partial charge is 0.461 e. The SMILES string of the molecule is Cc1cccc(-c2nc3ccccc3n2CC(=O)OC2C[C@H](C)CC[C@H]2C(C)C)c1. The molecule has 0 amide bonds. The quantitative estimate of drug-likeness (QED) is 0.489. The molecule has 1 saturated carbocycles. The van der Waals surface area contributed by atoms with Crippen molar-refractivity contribution in [2.45, 2.75) is 59.6 Å². The summed E-state index contributed by atoms with van der Waals surface area (Å²) in [6, 6.07) is 16.2. The number of aryl methyl sites for hydroxylation is 1. The number of carbonyl (C=O) groups is 1. The Morgan fingerprint density at radius 2 is 1.97 bits per heavy atom. The number of esters is 1. The molecule has 0 bridgehead atoms. The standard InChI is InChI=1S/C26H32N2O2/c1-17(2)21-13-12-19(4)15-24(21)30-25(29)16-28-23-11-6-5-10-22(23)27-26(28)20-9-7-8-18(3)14-20/h5-11,14,17,19,21,24H,12-13,15-16H2,1-4H3/t19-,21+,24?/m1/s1. The summed E-state index contributed by atoms with van der Waals surface area (Å²) in [6.45, 7) is 8.98. The first-order valence-electron chi connectivity index (χ1n) is 11.1. The van der Waals surface area contributed by atoms with Crippen molar-refractivity contribution in [1.29, 1.82) is 0 Å². The molecular weight excluding hydrogens is 372 g/mol. The lowest BCUT2D eigenvalue weighted by atomic mass is 9.75. The van der Waals surface area contributed by atoms with Crippen LogP contribution < -0.4 is 0 Å². The molecule has 3 aromatic rings. The molecule has 0 N–H and O–H groups in total. The molecule has 0 spiro atoms. The van der Waals surface area contributed by atoms with Crippen molar-refractivity contribution in [3.8, 4) is 11.4 Å². The van der Waals surface area contributed by atoms with Crippen molar-refractivity contribution in [2.75, 3.05) is 0 Å². The number of para-hydroxylation sites is 2. The minimum absolute atomic E-state index is 0.0125. The van der Waals surface area contributed by atoms with Crippen LogP contribution in [0.2, 0.25) is 0 Å². The predicted octanol–water partition coefficient (Wildman–Crippen LogP) is 6.02. The third kappa shape index (κ3) is 4.28. The molecule has 158 valence electrons. The van der Waals surface area contributed by atoms with Crippen LogP contribution in [0.15, 0.2) is 48.5 Å². The maximum absolute atomic E-state index is 13.1. The smallest absolute Gasteiger partial charge is 0.326 e. The summed E-state index contributed by atoms with van der Waals surface area (Å²) in [5.74, 6) is 2.22. The van der Waals surface area contributed by atoms with E-state index in [2.05, 4.69) is 39.8 Å². The fourth-order valence-electron chi connectivity index (χ4n) is 4.83. The Morgan fingerprint density at radius 3 is 2.73 bits per heavy atom. The molecule has 30 heavy (non-hydrogen) atoms. The van der Waals surface area contributed by atoms with E-state index in [-0.39, 0.29) is 18.6 Å². The molecule has 3 atom stereocenters. The van der Waals surface area contributed by atoms with Gasteiger partial charge in [0.2, 0.25) is 0 Å². The second kappa shape index (κ2) is 8.63. The van der Waals surface area contributed by atoms with Crippen LogP contribution in [0.1, 0.15) is 45.6 Å². The van der Waals surface area contributed by atoms with Crippen LogP contribution in [0.5, 0.6) is 0 Å². The highest BCUT2D eigenvalue weighted by Gasteiger charge is 2.33. The molecule has 4 heteroatoms. The molecular formula is C26H32N2O2. The number of imidazole rings is 1. The molecule has 4 nitrogen and oxygen atoms in total. The molecule has 1 aliphatic carbocycles. The Morgan fingerprint density at radius 1 is 1.17 bits per heavy atom. The number of rotatable bonds is 5. The van der Waals surface area contributed by atoms with Gasteiger partial charge < -0.3 is 9.30 Å². The molecule has 4 rings (SSSR count). The number of fused-ring (bicyclic) bond motifs is 1. The Labute approximate surface area is 179 Å². The Bertz CT molecular complexity index is 1040. The lowest BCUT2D eigenvalue weighted by Gasteiger charge is -2.36. The summed E-state index contributed by atoms with van der Waals surface area (Å²) in [5.41, 5.74) is 4.05. The fourth-order valence-corrected chi connectivity index (χ4v) is 4.83. The molecule has 1 heterocycles. The monoisotopic (exact) mass is 404 g/mol. The third-order valence-corrected chi connectivity index (χ3v) is 6.46. The number of ether oxygens (including phenoxy) is 1. The van der Waals surface area contributed by atoms with Crippen LogP contribution in [0.3, 0.4) is 0 Å². The zero-order chi connectivity index (χ0) is 21.3. The molecule has 1 aliphatic rings. The molecule has 2 aromatic carbocycles. The fraction of sp³-hybridized carbons (Fsp3) is 0.462. The molecule has 1 aromatic heterocycles. The Balaban J connectivity index is 1.63. The molecule has 1 unspecified atom stereocenters. The maximum atomic E-state index is 13.1. The van der Waals surface area contributed by atoms with Crippen molar-refractivity contribution in [1.82, 2.24) is 9.55 Å². The zero-order valence-corrected chi connectivity index (χ0v) is 18.5. The van der Waals surface area contributed by atoms with Crippen LogP contribution in [-0.2, 0) is 16.1 Å². The normalized spacial score (nSPS) is 21.8. The van der Waals surface area contributed by atoms with E-state index in [0.717, 1.165) is 35.3 Å². The maximum Gasteiger partial charge on any atom is 0.326 e. The Hall–Kier alpha value is -2.62. The van der Waals surface area contributed by atoms with E-state index in [1.54, 1.807) is 0 Å². The van der Waals surface area contributed by atoms with Gasteiger partial charge in [-0.05, 0) is 55.7 Å². The summed E-state index contributed by atoms with van der Waals surface area (Å²) in [4.78, 5) is 17.9. The number of benzene rings is 2. The number of aromatic nitrogens is 2. The lowest BCUT2D eigenvalue weighted by Crippen LogP contribution is -2.36. The molecule has 1 fully saturated rings. The van der Waals surface area contributed by atoms with Gasteiger partial charge in [0.1, 0.15) is 18.5 Å². The van der Waals surface area contributed by atoms with Crippen molar-refractivity contribution >= 4 is 17.0 Å². The van der Waals surface area contributed by atoms with Gasteiger partial charge in [0.25, 0.3) is 0 Å². The summed E-state index contributed by atoms with van der Waals surface area (Å²) < 4.78 is 8.09. The highest BCUT2D eigenvalue weighted by molar-refractivity contribution is 5.83. The summed E-state index contributed by atoms with van der Waals surface area (Å²) in [5, 5.41) is 0. The first kappa shape index (κ1) is 20.6. The number of hydrogen-bond donors (Lipinski definition) is 0. The average Bonchev–Trinajstić information content (AvgIpc) is 3.06. The van der Waals surface area contributed by atoms with Gasteiger partial charge in [0.15, 0.2) is 0 Å². The van der Waals surface area contributed by atoms with Crippen LogP contribution in [0.25, 0.3) is 22.4 Å². The third-order valence-electron chi connectivity index (χ3n) is 6.46. The second-order valence-corrected chi connectivity index (χ2v) is 9.23. The second-order valence-electron chi connectivity index (χ2n) is 9.23. The molecule has 0 radical (unpaired) electrons. The van der Waals surface area contributed by atoms with E-state index < -0.39 is 0 Å². The zero-order valence-electron chi connectivity index (χ0n) is 18.5. The van der Waals surface area contributed by atoms with Crippen LogP contribution in [0.4, 0.5) is 0 Å². The van der Waals surface area contributed by atoms with Crippen molar-refractivity contribution < 1.29 is 9.53 Å². The van der Waals surface area contributed by atoms with Gasteiger partial charge in [-0.3, -0.25) is 4.79 Å². The van der Waals surface area contributed by atoms with Gasteiger partial charge in [0, 0.05) is 5.56 Å². The van der Waals surface area contributed by atoms with E-state index in [1.807, 2.05) is 41.0 Å². The lowest BCUT2D eigenvalue weighted by molar-refractivity contribution is -0.156. The van der Waals surface area contributed by atoms with E-state index in [4.69, 9.17) is 9.72 Å². The summed E-state index contributed by atoms with van der Waals surface area (Å²) >= 11 is 0. The minimum atomic E-state index is -0.170. The highest BCUT2D eigenvalue weighted by Crippen LogP contribution is 2.35. The van der Waals surface area contributed by atoms with Crippen molar-refractivity contribution in [3.05, 3.63) is 54.1 Å². The first-order chi connectivity index (χ1) is 14.4. The number of carbonyl (C=O) groups excluding carboxylic acids is 1. The summed E-state index contributed by atoms with van der Waals surface area (Å²) in [6.07, 6.45) is 3.34. The Kier molecular flexibility index (Phi) is 5.94. The van der Waals surface area contributed by atoms with Crippen LogP contribution in [-0.4, -0.2) is 21.6 Å². The van der Waals surface area contributed by atoms with Gasteiger partial charge in [-0.25, -0.2) is 4.98 Å². The van der Waals surface area contributed by atoms with Gasteiger partial charge in [-0.15, -0.1) is 0 Å². The van der Waals surface area contributed by atoms with Gasteiger partial charge in [0.05, 0.1) is 11.0 Å². The summed E-state index contributed by atoms with van der Waals surface area (Å²) in [7, 11) is 0. The van der Waals surface area contributed by atoms with Crippen molar-refractivity contribution in [3.63, 3.8) is 0 Å². The van der Waals surface area contributed by atoms with E-state index in [1.165, 1.54) is 12.0 Å². The van der Waals surface area contributed by atoms with E-state index in [0.29, 0.717) is 17.8 Å². The van der Waals surface area contributed by atoms with Crippen LogP contribution in [0, 0.1) is 24.7 Å². The molecule has 0 aliphatic heterocycles. The van der Waals surface area contributed by atoms with Crippen LogP contribution >= 0.6 is 0 Å². The van der Waals surface area contributed by atoms with Gasteiger partial charge in [-0.2, -0.15) is 0 Å². The topological polar surface area (TPSA) is 44.1 Å².